The van der Waals surface area contributed by atoms with Gasteiger partial charge in [0.15, 0.2) is 0 Å². The molecule has 0 N–H and O–H groups in total. The highest BCUT2D eigenvalue weighted by Gasteiger charge is 2.04. The summed E-state index contributed by atoms with van der Waals surface area (Å²) in [4.78, 5) is 22.1. The summed E-state index contributed by atoms with van der Waals surface area (Å²) in [5.41, 5.74) is 4.48. The van der Waals surface area contributed by atoms with Gasteiger partial charge in [0.2, 0.25) is 0 Å². The summed E-state index contributed by atoms with van der Waals surface area (Å²) >= 11 is 0. The molecule has 53 heavy (non-hydrogen) atoms. The first-order chi connectivity index (χ1) is 26.0. The number of benzene rings is 4. The Bertz CT molecular complexity index is 1520. The van der Waals surface area contributed by atoms with Gasteiger partial charge in [0, 0.05) is 12.2 Å². The fourth-order valence-corrected chi connectivity index (χ4v) is 5.34. The molecule has 0 aliphatic rings. The lowest BCUT2D eigenvalue weighted by Crippen LogP contribution is -2.04. The molecule has 0 radical (unpaired) electrons. The minimum absolute atomic E-state index is 0.376. The maximum Gasteiger partial charge on any atom is 0.330 e. The molecular weight excluding hydrogens is 668 g/mol. The SMILES string of the molecule is C=CC(=O)OCCCCOc1ccc(-c2ccc(OCCCCCCCOc3ccc(-c4ccc(OCCCCOC(=O)C=C)cc4)cc3)cc2)cc1. The minimum Gasteiger partial charge on any atom is -0.494 e. The van der Waals surface area contributed by atoms with Crippen molar-refractivity contribution in [3.05, 3.63) is 122 Å². The number of hydrogen-bond acceptors (Lipinski definition) is 8. The number of carbonyl (C=O) groups is 2. The van der Waals surface area contributed by atoms with Gasteiger partial charge in [0.25, 0.3) is 0 Å². The molecule has 0 spiro atoms. The average Bonchev–Trinajstić information content (AvgIpc) is 3.20. The van der Waals surface area contributed by atoms with E-state index >= 15 is 0 Å². The molecule has 280 valence electrons. The minimum atomic E-state index is -0.393. The van der Waals surface area contributed by atoms with Gasteiger partial charge < -0.3 is 28.4 Å². The first-order valence-electron chi connectivity index (χ1n) is 18.5. The highest BCUT2D eigenvalue weighted by molar-refractivity contribution is 5.81. The second-order valence-electron chi connectivity index (χ2n) is 12.4. The van der Waals surface area contributed by atoms with E-state index in [9.17, 15) is 9.59 Å². The molecule has 0 aliphatic carbocycles. The second-order valence-corrected chi connectivity index (χ2v) is 12.4. The standard InChI is InChI=1S/C45H52O8/c1-3-44(46)52-34-12-10-32-50-42-26-18-38(19-27-42)36-14-22-40(23-15-36)48-30-8-6-5-7-9-31-49-41-24-16-37(17-25-41)39-20-28-43(29-21-39)51-33-11-13-35-53-45(47)4-2/h3-4,14-29H,1-2,5-13,30-35H2. The Morgan fingerprint density at radius 1 is 0.358 bits per heavy atom. The monoisotopic (exact) mass is 720 g/mol. The predicted molar refractivity (Wildman–Crippen MR) is 210 cm³/mol. The number of unbranched alkanes of at least 4 members (excludes halogenated alkanes) is 6. The van der Waals surface area contributed by atoms with Crippen LogP contribution in [0.1, 0.15) is 57.8 Å². The number of ether oxygens (including phenoxy) is 6. The topological polar surface area (TPSA) is 89.5 Å². The molecule has 0 fully saturated rings. The van der Waals surface area contributed by atoms with Gasteiger partial charge in [-0.05, 0) is 109 Å². The van der Waals surface area contributed by atoms with Crippen LogP contribution in [0.15, 0.2) is 122 Å². The van der Waals surface area contributed by atoms with Crippen LogP contribution in [-0.4, -0.2) is 51.6 Å². The highest BCUT2D eigenvalue weighted by Crippen LogP contribution is 2.26. The summed E-state index contributed by atoms with van der Waals surface area (Å²) in [5.74, 6) is 2.61. The van der Waals surface area contributed by atoms with Gasteiger partial charge in [-0.25, -0.2) is 9.59 Å². The van der Waals surface area contributed by atoms with Gasteiger partial charge in [-0.2, -0.15) is 0 Å². The summed E-state index contributed by atoms with van der Waals surface area (Å²) in [6.07, 6.45) is 10.9. The van der Waals surface area contributed by atoms with Crippen LogP contribution >= 0.6 is 0 Å². The van der Waals surface area contributed by atoms with Crippen molar-refractivity contribution in [3.63, 3.8) is 0 Å². The van der Waals surface area contributed by atoms with Crippen LogP contribution in [0.2, 0.25) is 0 Å². The maximum absolute atomic E-state index is 11.1. The van der Waals surface area contributed by atoms with E-state index in [1.807, 2.05) is 48.5 Å². The Kier molecular flexibility index (Phi) is 18.1. The van der Waals surface area contributed by atoms with E-state index in [-0.39, 0.29) is 0 Å². The van der Waals surface area contributed by atoms with Crippen molar-refractivity contribution in [1.29, 1.82) is 0 Å². The Morgan fingerprint density at radius 2 is 0.585 bits per heavy atom. The molecule has 0 aromatic heterocycles. The number of rotatable bonds is 26. The molecule has 0 aliphatic heterocycles. The van der Waals surface area contributed by atoms with E-state index < -0.39 is 11.9 Å². The lowest BCUT2D eigenvalue weighted by molar-refractivity contribution is -0.138. The van der Waals surface area contributed by atoms with E-state index in [0.29, 0.717) is 39.6 Å². The van der Waals surface area contributed by atoms with Crippen LogP contribution in [0.4, 0.5) is 0 Å². The normalized spacial score (nSPS) is 10.6. The predicted octanol–water partition coefficient (Wildman–Crippen LogP) is 10.2. The highest BCUT2D eigenvalue weighted by atomic mass is 16.5. The zero-order valence-electron chi connectivity index (χ0n) is 30.7. The molecule has 0 saturated carbocycles. The number of esters is 2. The molecule has 4 rings (SSSR count). The van der Waals surface area contributed by atoms with Crippen molar-refractivity contribution in [2.75, 3.05) is 39.6 Å². The Morgan fingerprint density at radius 3 is 0.849 bits per heavy atom. The van der Waals surface area contributed by atoms with Crippen LogP contribution in [0, 0.1) is 0 Å². The fraction of sp³-hybridized carbons (Fsp3) is 0.333. The van der Waals surface area contributed by atoms with E-state index in [4.69, 9.17) is 28.4 Å². The molecule has 8 nitrogen and oxygen atoms in total. The summed E-state index contributed by atoms with van der Waals surface area (Å²) in [6.45, 7) is 10.1. The first-order valence-corrected chi connectivity index (χ1v) is 18.5. The van der Waals surface area contributed by atoms with Crippen molar-refractivity contribution >= 4 is 11.9 Å². The molecule has 4 aromatic rings. The van der Waals surface area contributed by atoms with Crippen LogP contribution < -0.4 is 18.9 Å². The lowest BCUT2D eigenvalue weighted by Gasteiger charge is -2.10. The van der Waals surface area contributed by atoms with E-state index in [1.165, 1.54) is 12.2 Å². The van der Waals surface area contributed by atoms with Crippen molar-refractivity contribution in [1.82, 2.24) is 0 Å². The summed E-state index contributed by atoms with van der Waals surface area (Å²) in [7, 11) is 0. The summed E-state index contributed by atoms with van der Waals surface area (Å²) in [6, 6.07) is 32.5. The third-order valence-electron chi connectivity index (χ3n) is 8.35. The molecule has 4 aromatic carbocycles. The summed E-state index contributed by atoms with van der Waals surface area (Å²) in [5, 5.41) is 0. The zero-order valence-corrected chi connectivity index (χ0v) is 30.7. The molecule has 8 heteroatoms. The largest absolute Gasteiger partial charge is 0.494 e. The maximum atomic E-state index is 11.1. The molecule has 0 heterocycles. The molecule has 0 saturated heterocycles. The third-order valence-corrected chi connectivity index (χ3v) is 8.35. The fourth-order valence-electron chi connectivity index (χ4n) is 5.34. The first kappa shape index (κ1) is 40.3. The van der Waals surface area contributed by atoms with Gasteiger partial charge >= 0.3 is 11.9 Å². The Labute approximate surface area is 314 Å². The van der Waals surface area contributed by atoms with Gasteiger partial charge in [-0.15, -0.1) is 0 Å². The van der Waals surface area contributed by atoms with Crippen LogP contribution in [-0.2, 0) is 19.1 Å². The molecule has 0 unspecified atom stereocenters. The Hall–Kier alpha value is -5.50. The van der Waals surface area contributed by atoms with Gasteiger partial charge in [-0.1, -0.05) is 81.0 Å². The second kappa shape index (κ2) is 23.9. The van der Waals surface area contributed by atoms with Crippen molar-refractivity contribution in [3.8, 4) is 45.3 Å². The summed E-state index contributed by atoms with van der Waals surface area (Å²) < 4.78 is 33.5. The van der Waals surface area contributed by atoms with Crippen LogP contribution in [0.25, 0.3) is 22.3 Å². The average molecular weight is 721 g/mol. The lowest BCUT2D eigenvalue weighted by atomic mass is 10.1. The molecule has 0 amide bonds. The molecule has 0 bridgehead atoms. The van der Waals surface area contributed by atoms with Crippen molar-refractivity contribution in [2.24, 2.45) is 0 Å². The quantitative estimate of drug-likeness (QED) is 0.0360. The van der Waals surface area contributed by atoms with Crippen LogP contribution in [0.5, 0.6) is 23.0 Å². The number of hydrogen-bond donors (Lipinski definition) is 0. The van der Waals surface area contributed by atoms with Gasteiger partial charge in [0.1, 0.15) is 23.0 Å². The Balaban J connectivity index is 1.01. The van der Waals surface area contributed by atoms with Gasteiger partial charge in [-0.3, -0.25) is 0 Å². The number of carbonyl (C=O) groups excluding carboxylic acids is 2. The zero-order chi connectivity index (χ0) is 37.4. The van der Waals surface area contributed by atoms with Gasteiger partial charge in [0.05, 0.1) is 39.6 Å². The van der Waals surface area contributed by atoms with Crippen molar-refractivity contribution in [2.45, 2.75) is 57.8 Å². The van der Waals surface area contributed by atoms with E-state index in [0.717, 1.165) is 103 Å². The molecular formula is C45H52O8. The molecule has 0 atom stereocenters. The van der Waals surface area contributed by atoms with E-state index in [2.05, 4.69) is 61.7 Å². The smallest absolute Gasteiger partial charge is 0.330 e. The van der Waals surface area contributed by atoms with E-state index in [1.54, 1.807) is 0 Å². The van der Waals surface area contributed by atoms with Crippen LogP contribution in [0.3, 0.4) is 0 Å². The van der Waals surface area contributed by atoms with Crippen molar-refractivity contribution < 1.29 is 38.0 Å². The third kappa shape index (κ3) is 15.7.